The maximum atomic E-state index is 13.2. The summed E-state index contributed by atoms with van der Waals surface area (Å²) in [7, 11) is -3.79. The number of benzene rings is 3. The van der Waals surface area contributed by atoms with E-state index < -0.39 is 10.0 Å². The average molecular weight is 479 g/mol. The monoisotopic (exact) mass is 478 g/mol. The Kier molecular flexibility index (Phi) is 7.19. The van der Waals surface area contributed by atoms with Crippen molar-refractivity contribution in [2.45, 2.75) is 25.3 Å². The summed E-state index contributed by atoms with van der Waals surface area (Å²) in [6.45, 7) is 7.40. The van der Waals surface area contributed by atoms with Crippen molar-refractivity contribution in [2.75, 3.05) is 35.8 Å². The fraction of sp³-hybridized carbons (Fsp3) is 0.269. The summed E-state index contributed by atoms with van der Waals surface area (Å²) in [4.78, 5) is 15.6. The van der Waals surface area contributed by atoms with Crippen LogP contribution in [-0.2, 0) is 16.6 Å². The predicted octanol–water partition coefficient (Wildman–Crippen LogP) is 3.44. The molecule has 0 unspecified atom stereocenters. The molecule has 1 aliphatic heterocycles. The molecule has 0 bridgehead atoms. The Morgan fingerprint density at radius 3 is 2.38 bits per heavy atom. The average Bonchev–Trinajstić information content (AvgIpc) is 2.85. The summed E-state index contributed by atoms with van der Waals surface area (Å²) in [6.07, 6.45) is 0. The van der Waals surface area contributed by atoms with Crippen LogP contribution in [0.4, 0.5) is 11.4 Å². The molecule has 3 aromatic rings. The number of amides is 1. The number of nitrogens with one attached hydrogen (secondary N) is 3. The van der Waals surface area contributed by atoms with E-state index in [1.54, 1.807) is 30.3 Å². The highest BCUT2D eigenvalue weighted by Crippen LogP contribution is 2.27. The lowest BCUT2D eigenvalue weighted by Gasteiger charge is -2.31. The Morgan fingerprint density at radius 1 is 0.941 bits per heavy atom. The minimum Gasteiger partial charge on any atom is -0.368 e. The van der Waals surface area contributed by atoms with Crippen molar-refractivity contribution in [1.29, 1.82) is 0 Å². The molecule has 1 amide bonds. The van der Waals surface area contributed by atoms with Crippen molar-refractivity contribution in [3.05, 3.63) is 89.0 Å². The molecule has 0 saturated carbocycles. The number of sulfonamides is 1. The van der Waals surface area contributed by atoms with E-state index in [1.165, 1.54) is 0 Å². The molecule has 3 N–H and O–H groups in total. The SMILES string of the molecule is Cc1ccc(S(=O)(=O)Nc2ccc(N3CCNCC3)c(C(=O)NCc3ccccc3)c2)cc1C. The molecule has 0 aromatic heterocycles. The van der Waals surface area contributed by atoms with Crippen LogP contribution in [0, 0.1) is 13.8 Å². The van der Waals surface area contributed by atoms with E-state index in [1.807, 2.05) is 50.2 Å². The molecule has 1 fully saturated rings. The zero-order valence-electron chi connectivity index (χ0n) is 19.5. The lowest BCUT2D eigenvalue weighted by atomic mass is 10.1. The molecular weight excluding hydrogens is 448 g/mol. The molecular formula is C26H30N4O3S. The number of rotatable bonds is 7. The molecule has 0 atom stereocenters. The number of piperazine rings is 1. The van der Waals surface area contributed by atoms with Gasteiger partial charge < -0.3 is 15.5 Å². The van der Waals surface area contributed by atoms with Crippen LogP contribution >= 0.6 is 0 Å². The molecule has 7 nitrogen and oxygen atoms in total. The fourth-order valence-corrected chi connectivity index (χ4v) is 5.07. The summed E-state index contributed by atoms with van der Waals surface area (Å²) < 4.78 is 28.7. The third-order valence-corrected chi connectivity index (χ3v) is 7.41. The van der Waals surface area contributed by atoms with Gasteiger partial charge in [0.05, 0.1) is 10.5 Å². The van der Waals surface area contributed by atoms with Crippen LogP contribution in [0.1, 0.15) is 27.0 Å². The number of carbonyl (C=O) groups is 1. The summed E-state index contributed by atoms with van der Waals surface area (Å²) in [5, 5.41) is 6.29. The number of anilines is 2. The molecule has 4 rings (SSSR count). The normalized spacial score (nSPS) is 14.0. The Labute approximate surface area is 201 Å². The Balaban J connectivity index is 1.62. The maximum Gasteiger partial charge on any atom is 0.261 e. The standard InChI is InChI=1S/C26H30N4O3S/c1-19-8-10-23(16-20(19)2)34(32,33)29-22-9-11-25(30-14-12-27-13-15-30)24(17-22)26(31)28-18-21-6-4-3-5-7-21/h3-11,16-17,27,29H,12-15,18H2,1-2H3,(H,28,31). The van der Waals surface area contributed by atoms with Crippen LogP contribution < -0.4 is 20.3 Å². The molecule has 0 spiro atoms. The smallest absolute Gasteiger partial charge is 0.261 e. The van der Waals surface area contributed by atoms with Crippen molar-refractivity contribution in [2.24, 2.45) is 0 Å². The van der Waals surface area contributed by atoms with E-state index in [-0.39, 0.29) is 10.8 Å². The molecule has 8 heteroatoms. The van der Waals surface area contributed by atoms with Gasteiger partial charge in [-0.05, 0) is 60.9 Å². The summed E-state index contributed by atoms with van der Waals surface area (Å²) >= 11 is 0. The molecule has 34 heavy (non-hydrogen) atoms. The van der Waals surface area contributed by atoms with Crippen LogP contribution in [0.5, 0.6) is 0 Å². The van der Waals surface area contributed by atoms with E-state index in [0.29, 0.717) is 17.8 Å². The molecule has 1 saturated heterocycles. The van der Waals surface area contributed by atoms with Gasteiger partial charge in [-0.1, -0.05) is 36.4 Å². The van der Waals surface area contributed by atoms with Gasteiger partial charge in [0.2, 0.25) is 0 Å². The van der Waals surface area contributed by atoms with Crippen molar-refractivity contribution in [1.82, 2.24) is 10.6 Å². The molecule has 3 aromatic carbocycles. The van der Waals surface area contributed by atoms with Gasteiger partial charge in [-0.15, -0.1) is 0 Å². The second kappa shape index (κ2) is 10.3. The van der Waals surface area contributed by atoms with E-state index in [9.17, 15) is 13.2 Å². The Morgan fingerprint density at radius 2 is 1.68 bits per heavy atom. The number of nitrogens with zero attached hydrogens (tertiary/aromatic N) is 1. The van der Waals surface area contributed by atoms with Gasteiger partial charge in [-0.25, -0.2) is 8.42 Å². The number of hydrogen-bond acceptors (Lipinski definition) is 5. The van der Waals surface area contributed by atoms with Crippen molar-refractivity contribution in [3.8, 4) is 0 Å². The van der Waals surface area contributed by atoms with Crippen LogP contribution in [0.3, 0.4) is 0 Å². The predicted molar refractivity (Wildman–Crippen MR) is 136 cm³/mol. The zero-order chi connectivity index (χ0) is 24.1. The van der Waals surface area contributed by atoms with Gasteiger partial charge in [-0.2, -0.15) is 0 Å². The van der Waals surface area contributed by atoms with E-state index >= 15 is 0 Å². The lowest BCUT2D eigenvalue weighted by molar-refractivity contribution is 0.0951. The van der Waals surface area contributed by atoms with E-state index in [2.05, 4.69) is 20.3 Å². The largest absolute Gasteiger partial charge is 0.368 e. The molecule has 0 aliphatic carbocycles. The Bertz CT molecular complexity index is 1270. The highest BCUT2D eigenvalue weighted by atomic mass is 32.2. The summed E-state index contributed by atoms with van der Waals surface area (Å²) in [5.74, 6) is -0.246. The summed E-state index contributed by atoms with van der Waals surface area (Å²) in [6, 6.07) is 19.9. The van der Waals surface area contributed by atoms with Gasteiger partial charge >= 0.3 is 0 Å². The maximum absolute atomic E-state index is 13.2. The molecule has 0 radical (unpaired) electrons. The second-order valence-electron chi connectivity index (χ2n) is 8.49. The fourth-order valence-electron chi connectivity index (χ4n) is 3.93. The van der Waals surface area contributed by atoms with Crippen LogP contribution in [0.15, 0.2) is 71.6 Å². The van der Waals surface area contributed by atoms with Gasteiger partial charge in [0, 0.05) is 44.1 Å². The quantitative estimate of drug-likeness (QED) is 0.484. The van der Waals surface area contributed by atoms with Gasteiger partial charge in [0.1, 0.15) is 0 Å². The van der Waals surface area contributed by atoms with Gasteiger partial charge in [-0.3, -0.25) is 9.52 Å². The molecule has 1 aliphatic rings. The number of carbonyl (C=O) groups excluding carboxylic acids is 1. The van der Waals surface area contributed by atoms with Crippen LogP contribution in [0.25, 0.3) is 0 Å². The topological polar surface area (TPSA) is 90.5 Å². The first-order valence-corrected chi connectivity index (χ1v) is 12.8. The van der Waals surface area contributed by atoms with Crippen molar-refractivity contribution >= 4 is 27.3 Å². The third-order valence-electron chi connectivity index (χ3n) is 6.04. The van der Waals surface area contributed by atoms with E-state index in [4.69, 9.17) is 0 Å². The molecule has 1 heterocycles. The van der Waals surface area contributed by atoms with Gasteiger partial charge in [0.25, 0.3) is 15.9 Å². The third kappa shape index (κ3) is 5.58. The first-order valence-electron chi connectivity index (χ1n) is 11.4. The first kappa shape index (κ1) is 23.8. The minimum absolute atomic E-state index is 0.192. The zero-order valence-corrected chi connectivity index (χ0v) is 20.3. The van der Waals surface area contributed by atoms with Crippen LogP contribution in [0.2, 0.25) is 0 Å². The van der Waals surface area contributed by atoms with Crippen molar-refractivity contribution < 1.29 is 13.2 Å². The number of hydrogen-bond donors (Lipinski definition) is 3. The highest BCUT2D eigenvalue weighted by molar-refractivity contribution is 7.92. The summed E-state index contributed by atoms with van der Waals surface area (Å²) in [5.41, 5.74) is 4.50. The van der Waals surface area contributed by atoms with E-state index in [0.717, 1.165) is 48.6 Å². The van der Waals surface area contributed by atoms with Crippen LogP contribution in [-0.4, -0.2) is 40.5 Å². The van der Waals surface area contributed by atoms with Gasteiger partial charge in [0.15, 0.2) is 0 Å². The number of aryl methyl sites for hydroxylation is 2. The molecule has 178 valence electrons. The van der Waals surface area contributed by atoms with Crippen molar-refractivity contribution in [3.63, 3.8) is 0 Å². The Hall–Kier alpha value is -3.36. The minimum atomic E-state index is -3.79. The highest BCUT2D eigenvalue weighted by Gasteiger charge is 2.21. The first-order chi connectivity index (χ1) is 16.3. The lowest BCUT2D eigenvalue weighted by Crippen LogP contribution is -2.44. The second-order valence-corrected chi connectivity index (χ2v) is 10.2.